The summed E-state index contributed by atoms with van der Waals surface area (Å²) in [7, 11) is 0. The lowest BCUT2D eigenvalue weighted by Crippen LogP contribution is -2.32. The van der Waals surface area contributed by atoms with Crippen LogP contribution in [0.15, 0.2) is 21.4 Å². The Morgan fingerprint density at radius 1 is 1.47 bits per heavy atom. The first-order chi connectivity index (χ1) is 7.28. The van der Waals surface area contributed by atoms with E-state index in [1.807, 2.05) is 6.26 Å². The minimum atomic E-state index is 0.834. The molecule has 0 spiro atoms. The van der Waals surface area contributed by atoms with Crippen molar-refractivity contribution in [2.24, 2.45) is 5.92 Å². The maximum atomic E-state index is 5.24. The quantitative estimate of drug-likeness (QED) is 0.834. The maximum absolute atomic E-state index is 5.24. The fraction of sp³-hybridized carbons (Fsp3) is 0.667. The van der Waals surface area contributed by atoms with E-state index in [1.54, 1.807) is 0 Å². The Morgan fingerprint density at radius 2 is 2.20 bits per heavy atom. The van der Waals surface area contributed by atoms with Gasteiger partial charge in [0.2, 0.25) is 0 Å². The van der Waals surface area contributed by atoms with Crippen LogP contribution in [0.5, 0.6) is 0 Å². The second-order valence-electron chi connectivity index (χ2n) is 4.39. The Labute approximate surface area is 99.8 Å². The Bertz CT molecular complexity index is 302. The van der Waals surface area contributed by atoms with Crippen molar-refractivity contribution < 1.29 is 4.42 Å². The van der Waals surface area contributed by atoms with Crippen molar-refractivity contribution in [2.75, 3.05) is 13.1 Å². The van der Waals surface area contributed by atoms with E-state index in [0.29, 0.717) is 0 Å². The third-order valence-corrected chi connectivity index (χ3v) is 3.73. The molecule has 0 atom stereocenters. The molecule has 0 bridgehead atoms. The molecule has 3 heteroatoms. The second-order valence-corrected chi connectivity index (χ2v) is 5.17. The topological polar surface area (TPSA) is 16.4 Å². The van der Waals surface area contributed by atoms with Crippen LogP contribution in [0.25, 0.3) is 0 Å². The Kier molecular flexibility index (Phi) is 3.87. The largest absolute Gasteiger partial charge is 0.457 e. The molecule has 2 nitrogen and oxygen atoms in total. The molecule has 15 heavy (non-hydrogen) atoms. The average Bonchev–Trinajstić information content (AvgIpc) is 2.65. The molecule has 0 amide bonds. The Balaban J connectivity index is 1.82. The van der Waals surface area contributed by atoms with Gasteiger partial charge in [-0.25, -0.2) is 0 Å². The van der Waals surface area contributed by atoms with Gasteiger partial charge in [-0.3, -0.25) is 4.90 Å². The number of likely N-dealkylation sites (tertiary alicyclic amines) is 1. The summed E-state index contributed by atoms with van der Waals surface area (Å²) >= 11 is 3.33. The van der Waals surface area contributed by atoms with Crippen LogP contribution in [-0.2, 0) is 6.54 Å². The first-order valence-corrected chi connectivity index (χ1v) is 6.52. The lowest BCUT2D eigenvalue weighted by molar-refractivity contribution is 0.174. The summed E-state index contributed by atoms with van der Waals surface area (Å²) in [5.74, 6) is 0.956. The standard InChI is InChI=1S/C12H18BrNO/c1-2-10-3-5-14(6-4-10)8-11-7-12(13)15-9-11/h7,9-10H,2-6,8H2,1H3. The highest BCUT2D eigenvalue weighted by Crippen LogP contribution is 2.22. The molecule has 2 rings (SSSR count). The lowest BCUT2D eigenvalue weighted by atomic mass is 9.94. The van der Waals surface area contributed by atoms with Crippen molar-refractivity contribution in [3.8, 4) is 0 Å². The van der Waals surface area contributed by atoms with E-state index >= 15 is 0 Å². The first kappa shape index (κ1) is 11.2. The minimum absolute atomic E-state index is 0.834. The van der Waals surface area contributed by atoms with E-state index in [-0.39, 0.29) is 0 Å². The number of hydrogen-bond donors (Lipinski definition) is 0. The molecule has 1 fully saturated rings. The van der Waals surface area contributed by atoms with Crippen molar-refractivity contribution in [3.05, 3.63) is 22.6 Å². The molecule has 1 aliphatic heterocycles. The van der Waals surface area contributed by atoms with E-state index < -0.39 is 0 Å². The summed E-state index contributed by atoms with van der Waals surface area (Å²) in [4.78, 5) is 2.52. The van der Waals surface area contributed by atoms with Gasteiger partial charge in [-0.15, -0.1) is 0 Å². The van der Waals surface area contributed by atoms with Crippen LogP contribution in [0.3, 0.4) is 0 Å². The molecule has 0 aromatic carbocycles. The minimum Gasteiger partial charge on any atom is -0.457 e. The third kappa shape index (κ3) is 3.08. The van der Waals surface area contributed by atoms with Crippen LogP contribution >= 0.6 is 15.9 Å². The number of nitrogens with zero attached hydrogens (tertiary/aromatic N) is 1. The highest BCUT2D eigenvalue weighted by atomic mass is 79.9. The molecule has 1 aromatic rings. The molecule has 0 radical (unpaired) electrons. The van der Waals surface area contributed by atoms with Crippen molar-refractivity contribution in [2.45, 2.75) is 32.7 Å². The summed E-state index contributed by atoms with van der Waals surface area (Å²) in [5.41, 5.74) is 1.27. The van der Waals surface area contributed by atoms with E-state index in [0.717, 1.165) is 17.1 Å². The summed E-state index contributed by atoms with van der Waals surface area (Å²) in [6.45, 7) is 5.81. The molecule has 1 aliphatic rings. The van der Waals surface area contributed by atoms with E-state index in [1.165, 1.54) is 37.9 Å². The first-order valence-electron chi connectivity index (χ1n) is 5.73. The van der Waals surface area contributed by atoms with Gasteiger partial charge < -0.3 is 4.42 Å². The Morgan fingerprint density at radius 3 is 2.73 bits per heavy atom. The molecule has 2 heterocycles. The highest BCUT2D eigenvalue weighted by Gasteiger charge is 2.17. The van der Waals surface area contributed by atoms with Gasteiger partial charge in [0.05, 0.1) is 6.26 Å². The zero-order valence-electron chi connectivity index (χ0n) is 9.21. The predicted octanol–water partition coefficient (Wildman–Crippen LogP) is 3.66. The van der Waals surface area contributed by atoms with Crippen LogP contribution in [0.2, 0.25) is 0 Å². The van der Waals surface area contributed by atoms with Crippen LogP contribution in [0.4, 0.5) is 0 Å². The summed E-state index contributed by atoms with van der Waals surface area (Å²) in [6.07, 6.45) is 5.89. The van der Waals surface area contributed by atoms with Crippen LogP contribution < -0.4 is 0 Å². The van der Waals surface area contributed by atoms with E-state index in [9.17, 15) is 0 Å². The van der Waals surface area contributed by atoms with Crippen LogP contribution in [-0.4, -0.2) is 18.0 Å². The van der Waals surface area contributed by atoms with Gasteiger partial charge >= 0.3 is 0 Å². The van der Waals surface area contributed by atoms with Gasteiger partial charge in [-0.2, -0.15) is 0 Å². The fourth-order valence-corrected chi connectivity index (χ4v) is 2.63. The summed E-state index contributed by atoms with van der Waals surface area (Å²) < 4.78 is 6.07. The van der Waals surface area contributed by atoms with Gasteiger partial charge in [0.25, 0.3) is 0 Å². The van der Waals surface area contributed by atoms with Crippen LogP contribution in [0.1, 0.15) is 31.7 Å². The number of rotatable bonds is 3. The summed E-state index contributed by atoms with van der Waals surface area (Å²) in [6, 6.07) is 2.06. The third-order valence-electron chi connectivity index (χ3n) is 3.31. The molecule has 0 saturated carbocycles. The van der Waals surface area contributed by atoms with Crippen molar-refractivity contribution in [3.63, 3.8) is 0 Å². The molecular weight excluding hydrogens is 254 g/mol. The summed E-state index contributed by atoms with van der Waals surface area (Å²) in [5, 5.41) is 0. The molecule has 1 aromatic heterocycles. The number of hydrogen-bond acceptors (Lipinski definition) is 2. The number of piperidine rings is 1. The fourth-order valence-electron chi connectivity index (χ4n) is 2.24. The van der Waals surface area contributed by atoms with E-state index in [2.05, 4.69) is 33.8 Å². The monoisotopic (exact) mass is 271 g/mol. The Hall–Kier alpha value is -0.280. The SMILES string of the molecule is CCC1CCN(Cc2coc(Br)c2)CC1. The van der Waals surface area contributed by atoms with Crippen molar-refractivity contribution >= 4 is 15.9 Å². The molecule has 84 valence electrons. The predicted molar refractivity (Wildman–Crippen MR) is 64.7 cm³/mol. The smallest absolute Gasteiger partial charge is 0.169 e. The zero-order chi connectivity index (χ0) is 10.7. The average molecular weight is 272 g/mol. The maximum Gasteiger partial charge on any atom is 0.169 e. The van der Waals surface area contributed by atoms with Gasteiger partial charge in [0.1, 0.15) is 0 Å². The van der Waals surface area contributed by atoms with E-state index in [4.69, 9.17) is 4.42 Å². The van der Waals surface area contributed by atoms with Gasteiger partial charge in [0.15, 0.2) is 4.67 Å². The van der Waals surface area contributed by atoms with Crippen molar-refractivity contribution in [1.29, 1.82) is 0 Å². The van der Waals surface area contributed by atoms with Gasteiger partial charge in [-0.05, 0) is 53.8 Å². The van der Waals surface area contributed by atoms with Crippen molar-refractivity contribution in [1.82, 2.24) is 4.90 Å². The highest BCUT2D eigenvalue weighted by molar-refractivity contribution is 9.10. The number of furan rings is 1. The molecule has 0 N–H and O–H groups in total. The second kappa shape index (κ2) is 5.17. The normalized spacial score (nSPS) is 19.6. The number of halogens is 1. The van der Waals surface area contributed by atoms with Gasteiger partial charge in [-0.1, -0.05) is 13.3 Å². The molecule has 0 aliphatic carbocycles. The lowest BCUT2D eigenvalue weighted by Gasteiger charge is -2.30. The zero-order valence-corrected chi connectivity index (χ0v) is 10.8. The molecular formula is C12H18BrNO. The van der Waals surface area contributed by atoms with Crippen LogP contribution in [0, 0.1) is 5.92 Å². The van der Waals surface area contributed by atoms with Gasteiger partial charge in [0, 0.05) is 12.1 Å². The molecule has 1 saturated heterocycles. The molecule has 0 unspecified atom stereocenters.